The van der Waals surface area contributed by atoms with E-state index >= 15 is 0 Å². The molecular weight excluding hydrogens is 390 g/mol. The van der Waals surface area contributed by atoms with Crippen LogP contribution in [0.3, 0.4) is 0 Å². The second-order valence-corrected chi connectivity index (χ2v) is 8.74. The number of hydrogen-bond acceptors (Lipinski definition) is 4. The van der Waals surface area contributed by atoms with Gasteiger partial charge in [-0.3, -0.25) is 4.79 Å². The highest BCUT2D eigenvalue weighted by Gasteiger charge is 2.34. The van der Waals surface area contributed by atoms with E-state index in [1.807, 2.05) is 12.1 Å². The van der Waals surface area contributed by atoms with Gasteiger partial charge in [0.1, 0.15) is 6.04 Å². The van der Waals surface area contributed by atoms with Crippen molar-refractivity contribution >= 4 is 11.6 Å². The summed E-state index contributed by atoms with van der Waals surface area (Å²) in [5, 5.41) is 0. The van der Waals surface area contributed by atoms with Crippen LogP contribution in [-0.4, -0.2) is 63.3 Å². The van der Waals surface area contributed by atoms with Crippen molar-refractivity contribution in [3.8, 4) is 11.5 Å². The van der Waals surface area contributed by atoms with Crippen molar-refractivity contribution in [3.63, 3.8) is 0 Å². The van der Waals surface area contributed by atoms with Crippen LogP contribution in [0.1, 0.15) is 30.9 Å². The lowest BCUT2D eigenvalue weighted by Crippen LogP contribution is -3.11. The first-order valence-electron chi connectivity index (χ1n) is 11.6. The van der Waals surface area contributed by atoms with E-state index in [-0.39, 0.29) is 5.91 Å². The highest BCUT2D eigenvalue weighted by atomic mass is 16.5. The van der Waals surface area contributed by atoms with Gasteiger partial charge < -0.3 is 24.2 Å². The standard InChI is InChI=1S/C25H31N3O3/c29-25(27-14-12-26(13-15-27)21-6-2-1-3-7-21)19-28-11-4-8-22(28)20-9-10-23-24(18-20)31-17-5-16-30-23/h1-3,6-7,9-10,18,22H,4-5,8,11-17,19H2/p+1/t22-/m0/s1. The molecule has 6 heteroatoms. The predicted octanol–water partition coefficient (Wildman–Crippen LogP) is 1.92. The maximum absolute atomic E-state index is 13.1. The Morgan fingerprint density at radius 3 is 2.52 bits per heavy atom. The Balaban J connectivity index is 1.20. The average Bonchev–Trinajstić information content (AvgIpc) is 3.15. The summed E-state index contributed by atoms with van der Waals surface area (Å²) in [6.45, 7) is 6.43. The first-order valence-corrected chi connectivity index (χ1v) is 11.6. The fraction of sp³-hybridized carbons (Fsp3) is 0.480. The van der Waals surface area contributed by atoms with Gasteiger partial charge in [0.25, 0.3) is 5.91 Å². The quantitative estimate of drug-likeness (QED) is 0.818. The van der Waals surface area contributed by atoms with Gasteiger partial charge in [-0.05, 0) is 30.3 Å². The van der Waals surface area contributed by atoms with Crippen LogP contribution in [0.5, 0.6) is 11.5 Å². The topological polar surface area (TPSA) is 46.5 Å². The van der Waals surface area contributed by atoms with Gasteiger partial charge in [-0.1, -0.05) is 18.2 Å². The number of nitrogens with one attached hydrogen (secondary N) is 1. The largest absolute Gasteiger partial charge is 0.490 e. The number of carbonyl (C=O) groups excluding carboxylic acids is 1. The molecule has 2 aromatic carbocycles. The van der Waals surface area contributed by atoms with Gasteiger partial charge >= 0.3 is 0 Å². The number of benzene rings is 2. The molecule has 2 fully saturated rings. The second kappa shape index (κ2) is 9.18. The molecule has 3 heterocycles. The van der Waals surface area contributed by atoms with E-state index in [0.29, 0.717) is 25.8 Å². The van der Waals surface area contributed by atoms with Crippen LogP contribution in [-0.2, 0) is 4.79 Å². The third-order valence-corrected chi connectivity index (χ3v) is 6.79. The van der Waals surface area contributed by atoms with Gasteiger partial charge in [0.15, 0.2) is 18.0 Å². The van der Waals surface area contributed by atoms with Crippen LogP contribution in [0.2, 0.25) is 0 Å². The molecule has 2 saturated heterocycles. The van der Waals surface area contributed by atoms with Crippen LogP contribution in [0.4, 0.5) is 5.69 Å². The average molecular weight is 423 g/mol. The summed E-state index contributed by atoms with van der Waals surface area (Å²) in [4.78, 5) is 18.9. The Morgan fingerprint density at radius 1 is 0.935 bits per heavy atom. The van der Waals surface area contributed by atoms with Crippen LogP contribution in [0.15, 0.2) is 48.5 Å². The molecule has 3 aliphatic rings. The van der Waals surface area contributed by atoms with E-state index in [4.69, 9.17) is 9.47 Å². The number of hydrogen-bond donors (Lipinski definition) is 1. The number of quaternary nitrogens is 1. The first kappa shape index (κ1) is 20.2. The van der Waals surface area contributed by atoms with Crippen LogP contribution >= 0.6 is 0 Å². The number of nitrogens with zero attached hydrogens (tertiary/aromatic N) is 2. The zero-order valence-corrected chi connectivity index (χ0v) is 18.1. The molecule has 1 unspecified atom stereocenters. The number of ether oxygens (including phenoxy) is 2. The number of rotatable bonds is 4. The van der Waals surface area contributed by atoms with E-state index in [2.05, 4.69) is 46.2 Å². The molecule has 2 atom stereocenters. The summed E-state index contributed by atoms with van der Waals surface area (Å²) in [6.07, 6.45) is 3.18. The molecule has 0 aliphatic carbocycles. The lowest BCUT2D eigenvalue weighted by molar-refractivity contribution is -0.910. The first-order chi connectivity index (χ1) is 15.3. The molecular formula is C25H32N3O3+. The molecule has 0 bridgehead atoms. The van der Waals surface area contributed by atoms with Crippen molar-refractivity contribution in [1.29, 1.82) is 0 Å². The highest BCUT2D eigenvalue weighted by molar-refractivity contribution is 5.77. The lowest BCUT2D eigenvalue weighted by atomic mass is 10.0. The minimum absolute atomic E-state index is 0.281. The number of amides is 1. The van der Waals surface area contributed by atoms with Gasteiger partial charge in [-0.15, -0.1) is 0 Å². The van der Waals surface area contributed by atoms with Crippen molar-refractivity contribution < 1.29 is 19.2 Å². The fourth-order valence-electron chi connectivity index (χ4n) is 5.08. The smallest absolute Gasteiger partial charge is 0.277 e. The molecule has 0 aromatic heterocycles. The van der Waals surface area contributed by atoms with Crippen LogP contribution < -0.4 is 19.3 Å². The Kier molecular flexibility index (Phi) is 5.98. The van der Waals surface area contributed by atoms with Crippen LogP contribution in [0.25, 0.3) is 0 Å². The normalized spacial score (nSPS) is 23.5. The predicted molar refractivity (Wildman–Crippen MR) is 120 cm³/mol. The molecule has 6 nitrogen and oxygen atoms in total. The Morgan fingerprint density at radius 2 is 1.71 bits per heavy atom. The van der Waals surface area contributed by atoms with E-state index in [9.17, 15) is 4.79 Å². The zero-order valence-electron chi connectivity index (χ0n) is 18.1. The Hall–Kier alpha value is -2.73. The van der Waals surface area contributed by atoms with Gasteiger partial charge in [0, 0.05) is 56.7 Å². The van der Waals surface area contributed by atoms with Crippen molar-refractivity contribution in [2.75, 3.05) is 57.4 Å². The molecule has 164 valence electrons. The van der Waals surface area contributed by atoms with Crippen molar-refractivity contribution in [1.82, 2.24) is 4.90 Å². The molecule has 5 rings (SSSR count). The van der Waals surface area contributed by atoms with E-state index in [0.717, 1.165) is 63.5 Å². The summed E-state index contributed by atoms with van der Waals surface area (Å²) < 4.78 is 11.7. The fourth-order valence-corrected chi connectivity index (χ4v) is 5.08. The van der Waals surface area contributed by atoms with Gasteiger partial charge in [0.2, 0.25) is 0 Å². The molecule has 1 amide bonds. The number of fused-ring (bicyclic) bond motifs is 1. The van der Waals surface area contributed by atoms with Gasteiger partial charge in [0.05, 0.1) is 19.8 Å². The SMILES string of the molecule is O=C(C[NH+]1CCC[C@H]1c1ccc2c(c1)OCCCO2)N1CCN(c2ccccc2)CC1. The number of piperazine rings is 1. The van der Waals surface area contributed by atoms with Crippen molar-refractivity contribution in [3.05, 3.63) is 54.1 Å². The minimum Gasteiger partial charge on any atom is -0.490 e. The number of para-hydroxylation sites is 1. The monoisotopic (exact) mass is 422 g/mol. The third-order valence-electron chi connectivity index (χ3n) is 6.79. The number of likely N-dealkylation sites (tertiary alicyclic amines) is 1. The van der Waals surface area contributed by atoms with Crippen LogP contribution in [0, 0.1) is 0 Å². The molecule has 0 saturated carbocycles. The van der Waals surface area contributed by atoms with E-state index in [1.54, 1.807) is 0 Å². The zero-order chi connectivity index (χ0) is 21.0. The maximum Gasteiger partial charge on any atom is 0.277 e. The maximum atomic E-state index is 13.1. The third kappa shape index (κ3) is 4.49. The molecule has 1 N–H and O–H groups in total. The van der Waals surface area contributed by atoms with Gasteiger partial charge in [-0.2, -0.15) is 0 Å². The second-order valence-electron chi connectivity index (χ2n) is 8.74. The minimum atomic E-state index is 0.281. The highest BCUT2D eigenvalue weighted by Crippen LogP contribution is 2.33. The summed E-state index contributed by atoms with van der Waals surface area (Å²) in [6, 6.07) is 17.2. The number of anilines is 1. The molecule has 3 aliphatic heterocycles. The molecule has 0 spiro atoms. The van der Waals surface area contributed by atoms with E-state index in [1.165, 1.54) is 16.2 Å². The summed E-state index contributed by atoms with van der Waals surface area (Å²) in [7, 11) is 0. The van der Waals surface area contributed by atoms with Crippen molar-refractivity contribution in [2.24, 2.45) is 0 Å². The lowest BCUT2D eigenvalue weighted by Gasteiger charge is -2.36. The Labute approximate surface area is 184 Å². The van der Waals surface area contributed by atoms with E-state index < -0.39 is 0 Å². The Bertz CT molecular complexity index is 896. The summed E-state index contributed by atoms with van der Waals surface area (Å²) in [5.41, 5.74) is 2.51. The number of carbonyl (C=O) groups is 1. The summed E-state index contributed by atoms with van der Waals surface area (Å²) >= 11 is 0. The molecule has 0 radical (unpaired) electrons. The van der Waals surface area contributed by atoms with Crippen molar-refractivity contribution in [2.45, 2.75) is 25.3 Å². The van der Waals surface area contributed by atoms with Gasteiger partial charge in [-0.25, -0.2) is 0 Å². The molecule has 31 heavy (non-hydrogen) atoms. The molecule has 2 aromatic rings. The summed E-state index contributed by atoms with van der Waals surface area (Å²) in [5.74, 6) is 1.97.